The van der Waals surface area contributed by atoms with Crippen LogP contribution in [0.4, 0.5) is 4.79 Å². The minimum absolute atomic E-state index is 0.0608. The number of amides is 2. The summed E-state index contributed by atoms with van der Waals surface area (Å²) in [6.45, 7) is 4.89. The predicted molar refractivity (Wildman–Crippen MR) is 56.2 cm³/mol. The van der Waals surface area contributed by atoms with E-state index in [-0.39, 0.29) is 6.03 Å². The van der Waals surface area contributed by atoms with E-state index in [4.69, 9.17) is 10.5 Å². The lowest BCUT2D eigenvalue weighted by atomic mass is 10.4. The van der Waals surface area contributed by atoms with E-state index in [2.05, 4.69) is 5.32 Å². The van der Waals surface area contributed by atoms with Gasteiger partial charge in [0.1, 0.15) is 0 Å². The van der Waals surface area contributed by atoms with Crippen LogP contribution in [0.2, 0.25) is 0 Å². The molecule has 0 aromatic heterocycles. The summed E-state index contributed by atoms with van der Waals surface area (Å²) in [5, 5.41) is 2.80. The maximum Gasteiger partial charge on any atom is 0.317 e. The van der Waals surface area contributed by atoms with Crippen molar-refractivity contribution in [1.29, 1.82) is 0 Å². The van der Waals surface area contributed by atoms with E-state index in [0.29, 0.717) is 32.8 Å². The van der Waals surface area contributed by atoms with Crippen molar-refractivity contribution >= 4 is 6.03 Å². The molecule has 0 rings (SSSR count). The van der Waals surface area contributed by atoms with Crippen LogP contribution in [0.25, 0.3) is 0 Å². The van der Waals surface area contributed by atoms with E-state index in [1.54, 1.807) is 12.0 Å². The standard InChI is InChI=1S/C9H21N3O2/c1-3-5-11-9(13)12(6-4-10)7-8-14-2/h3-8,10H2,1-2H3,(H,11,13). The average molecular weight is 203 g/mol. The van der Waals surface area contributed by atoms with Crippen LogP contribution in [0.15, 0.2) is 0 Å². The Morgan fingerprint density at radius 2 is 2.21 bits per heavy atom. The molecule has 0 aromatic rings. The third-order valence-electron chi connectivity index (χ3n) is 1.78. The summed E-state index contributed by atoms with van der Waals surface area (Å²) in [5.74, 6) is 0. The first-order chi connectivity index (χ1) is 6.76. The fourth-order valence-corrected chi connectivity index (χ4v) is 1.02. The number of methoxy groups -OCH3 is 1. The van der Waals surface area contributed by atoms with Gasteiger partial charge in [-0.25, -0.2) is 4.79 Å². The van der Waals surface area contributed by atoms with Crippen molar-refractivity contribution in [2.45, 2.75) is 13.3 Å². The SMILES string of the molecule is CCCNC(=O)N(CCN)CCOC. The quantitative estimate of drug-likeness (QED) is 0.612. The molecule has 14 heavy (non-hydrogen) atoms. The minimum Gasteiger partial charge on any atom is -0.383 e. The molecule has 0 aliphatic carbocycles. The number of hydrogen-bond donors (Lipinski definition) is 2. The monoisotopic (exact) mass is 203 g/mol. The number of nitrogens with one attached hydrogen (secondary N) is 1. The van der Waals surface area contributed by atoms with Crippen molar-refractivity contribution in [3.8, 4) is 0 Å². The van der Waals surface area contributed by atoms with Gasteiger partial charge in [-0.3, -0.25) is 0 Å². The van der Waals surface area contributed by atoms with E-state index in [0.717, 1.165) is 6.42 Å². The first kappa shape index (κ1) is 13.2. The Hall–Kier alpha value is -0.810. The maximum atomic E-state index is 11.5. The second kappa shape index (κ2) is 8.77. The summed E-state index contributed by atoms with van der Waals surface area (Å²) in [4.78, 5) is 13.2. The van der Waals surface area contributed by atoms with Crippen molar-refractivity contribution in [1.82, 2.24) is 10.2 Å². The molecule has 0 aliphatic heterocycles. The normalized spacial score (nSPS) is 9.93. The van der Waals surface area contributed by atoms with Crippen molar-refractivity contribution in [2.75, 3.05) is 39.9 Å². The number of carbonyl (C=O) groups is 1. The number of urea groups is 1. The Morgan fingerprint density at radius 3 is 2.71 bits per heavy atom. The van der Waals surface area contributed by atoms with Crippen LogP contribution in [-0.4, -0.2) is 50.8 Å². The molecule has 0 radical (unpaired) electrons. The summed E-state index contributed by atoms with van der Waals surface area (Å²) >= 11 is 0. The van der Waals surface area contributed by atoms with Gasteiger partial charge in [0.25, 0.3) is 0 Å². The molecule has 0 aliphatic rings. The highest BCUT2D eigenvalue weighted by molar-refractivity contribution is 5.74. The van der Waals surface area contributed by atoms with Crippen LogP contribution in [0, 0.1) is 0 Å². The summed E-state index contributed by atoms with van der Waals surface area (Å²) < 4.78 is 4.91. The number of hydrogen-bond acceptors (Lipinski definition) is 3. The van der Waals surface area contributed by atoms with E-state index < -0.39 is 0 Å². The molecule has 0 unspecified atom stereocenters. The zero-order valence-electron chi connectivity index (χ0n) is 9.08. The molecule has 0 saturated carbocycles. The lowest BCUT2D eigenvalue weighted by Gasteiger charge is -2.21. The predicted octanol–water partition coefficient (Wildman–Crippen LogP) is 0.0131. The number of ether oxygens (including phenoxy) is 1. The molecule has 0 aromatic carbocycles. The third kappa shape index (κ3) is 5.77. The zero-order chi connectivity index (χ0) is 10.8. The molecule has 0 heterocycles. The molecular formula is C9H21N3O2. The van der Waals surface area contributed by atoms with Gasteiger partial charge in [-0.15, -0.1) is 0 Å². The molecule has 0 bridgehead atoms. The highest BCUT2D eigenvalue weighted by atomic mass is 16.5. The van der Waals surface area contributed by atoms with Gasteiger partial charge in [-0.05, 0) is 6.42 Å². The van der Waals surface area contributed by atoms with Crippen LogP contribution < -0.4 is 11.1 Å². The van der Waals surface area contributed by atoms with Crippen LogP contribution in [0.3, 0.4) is 0 Å². The first-order valence-corrected chi connectivity index (χ1v) is 4.98. The van der Waals surface area contributed by atoms with Crippen LogP contribution in [0.1, 0.15) is 13.3 Å². The number of carbonyl (C=O) groups excluding carboxylic acids is 1. The lowest BCUT2D eigenvalue weighted by molar-refractivity contribution is 0.150. The van der Waals surface area contributed by atoms with Gasteiger partial charge in [0, 0.05) is 33.3 Å². The van der Waals surface area contributed by atoms with Crippen molar-refractivity contribution in [2.24, 2.45) is 5.73 Å². The van der Waals surface area contributed by atoms with Gasteiger partial charge in [0.2, 0.25) is 0 Å². The fourth-order valence-electron chi connectivity index (χ4n) is 1.02. The maximum absolute atomic E-state index is 11.5. The first-order valence-electron chi connectivity index (χ1n) is 4.98. The molecular weight excluding hydrogens is 182 g/mol. The molecule has 0 fully saturated rings. The van der Waals surface area contributed by atoms with Crippen molar-refractivity contribution in [3.63, 3.8) is 0 Å². The van der Waals surface area contributed by atoms with Crippen molar-refractivity contribution < 1.29 is 9.53 Å². The Balaban J connectivity index is 3.84. The average Bonchev–Trinajstić information content (AvgIpc) is 2.20. The van der Waals surface area contributed by atoms with Crippen LogP contribution in [-0.2, 0) is 4.74 Å². The second-order valence-corrected chi connectivity index (χ2v) is 3.00. The molecule has 3 N–H and O–H groups in total. The number of nitrogens with two attached hydrogens (primary N) is 1. The Bertz CT molecular complexity index is 153. The van der Waals surface area contributed by atoms with Gasteiger partial charge in [0.15, 0.2) is 0 Å². The van der Waals surface area contributed by atoms with Gasteiger partial charge in [0.05, 0.1) is 6.61 Å². The molecule has 0 saturated heterocycles. The van der Waals surface area contributed by atoms with Gasteiger partial charge >= 0.3 is 6.03 Å². The Morgan fingerprint density at radius 1 is 1.50 bits per heavy atom. The number of rotatable bonds is 7. The third-order valence-corrected chi connectivity index (χ3v) is 1.78. The summed E-state index contributed by atoms with van der Waals surface area (Å²) in [7, 11) is 1.62. The lowest BCUT2D eigenvalue weighted by Crippen LogP contribution is -2.44. The highest BCUT2D eigenvalue weighted by Gasteiger charge is 2.10. The molecule has 5 nitrogen and oxygen atoms in total. The van der Waals surface area contributed by atoms with Gasteiger partial charge < -0.3 is 20.7 Å². The zero-order valence-corrected chi connectivity index (χ0v) is 9.08. The summed E-state index contributed by atoms with van der Waals surface area (Å²) in [5.41, 5.74) is 5.41. The van der Waals surface area contributed by atoms with E-state index in [1.165, 1.54) is 0 Å². The van der Waals surface area contributed by atoms with Gasteiger partial charge in [-0.2, -0.15) is 0 Å². The Kier molecular flexibility index (Phi) is 8.27. The minimum atomic E-state index is -0.0608. The van der Waals surface area contributed by atoms with E-state index in [1.807, 2.05) is 6.92 Å². The second-order valence-electron chi connectivity index (χ2n) is 3.00. The van der Waals surface area contributed by atoms with E-state index >= 15 is 0 Å². The van der Waals surface area contributed by atoms with Crippen molar-refractivity contribution in [3.05, 3.63) is 0 Å². The topological polar surface area (TPSA) is 67.6 Å². The number of nitrogens with zero attached hydrogens (tertiary/aromatic N) is 1. The molecule has 2 amide bonds. The summed E-state index contributed by atoms with van der Waals surface area (Å²) in [6, 6.07) is -0.0608. The molecule has 84 valence electrons. The largest absolute Gasteiger partial charge is 0.383 e. The smallest absolute Gasteiger partial charge is 0.317 e. The van der Waals surface area contributed by atoms with Crippen LogP contribution >= 0.6 is 0 Å². The molecule has 0 spiro atoms. The van der Waals surface area contributed by atoms with Gasteiger partial charge in [-0.1, -0.05) is 6.92 Å². The highest BCUT2D eigenvalue weighted by Crippen LogP contribution is 1.89. The fraction of sp³-hybridized carbons (Fsp3) is 0.889. The summed E-state index contributed by atoms with van der Waals surface area (Å²) in [6.07, 6.45) is 0.937. The van der Waals surface area contributed by atoms with E-state index in [9.17, 15) is 4.79 Å². The van der Waals surface area contributed by atoms with Crippen LogP contribution in [0.5, 0.6) is 0 Å². The Labute approximate surface area is 85.6 Å². The molecule has 5 heteroatoms. The molecule has 0 atom stereocenters.